The van der Waals surface area contributed by atoms with E-state index in [0.29, 0.717) is 25.5 Å². The summed E-state index contributed by atoms with van der Waals surface area (Å²) in [6.07, 6.45) is 5.49. The van der Waals surface area contributed by atoms with Gasteiger partial charge >= 0.3 is 0 Å². The van der Waals surface area contributed by atoms with Crippen molar-refractivity contribution in [2.45, 2.75) is 44.6 Å². The Labute approximate surface area is 220 Å². The number of nitrogens with zero attached hydrogens (tertiary/aromatic N) is 5. The van der Waals surface area contributed by atoms with Gasteiger partial charge in [0, 0.05) is 36.4 Å². The maximum Gasteiger partial charge on any atom is 0.252 e. The third-order valence-electron chi connectivity index (χ3n) is 6.87. The molecule has 0 unspecified atom stereocenters. The van der Waals surface area contributed by atoms with Crippen LogP contribution in [0.1, 0.15) is 43.7 Å². The molecule has 3 heterocycles. The van der Waals surface area contributed by atoms with Gasteiger partial charge in [0.2, 0.25) is 0 Å². The summed E-state index contributed by atoms with van der Waals surface area (Å²) in [4.78, 5) is 10.6. The van der Waals surface area contributed by atoms with Gasteiger partial charge in [-0.2, -0.15) is 5.10 Å². The average molecular weight is 523 g/mol. The Bertz CT molecular complexity index is 1370. The van der Waals surface area contributed by atoms with E-state index in [4.69, 9.17) is 15.6 Å². The van der Waals surface area contributed by atoms with Crippen LogP contribution in [0.15, 0.2) is 52.6 Å². The summed E-state index contributed by atoms with van der Waals surface area (Å²) in [5.41, 5.74) is 8.57. The molecule has 0 spiro atoms. The number of aliphatic imine (C=N–C) groups is 2. The predicted octanol–water partition coefficient (Wildman–Crippen LogP) is 4.24. The molecule has 2 aliphatic rings. The number of halogens is 2. The number of rotatable bonds is 4. The fourth-order valence-electron chi connectivity index (χ4n) is 5.16. The summed E-state index contributed by atoms with van der Waals surface area (Å²) in [5.74, 6) is -0.286. The Morgan fingerprint density at radius 2 is 2.00 bits per heavy atom. The molecule has 1 aromatic heterocycles. The zero-order valence-corrected chi connectivity index (χ0v) is 21.6. The fraction of sp³-hybridized carbons (Fsp3) is 0.393. The molecule has 1 saturated heterocycles. The second-order valence-corrected chi connectivity index (χ2v) is 10.5. The Hall–Kier alpha value is -3.63. The van der Waals surface area contributed by atoms with Crippen molar-refractivity contribution in [3.8, 4) is 17.0 Å². The van der Waals surface area contributed by atoms with Crippen molar-refractivity contribution in [3.63, 3.8) is 0 Å². The van der Waals surface area contributed by atoms with E-state index < -0.39 is 17.2 Å². The Morgan fingerprint density at radius 1 is 1.21 bits per heavy atom. The maximum absolute atomic E-state index is 14.3. The van der Waals surface area contributed by atoms with Gasteiger partial charge in [-0.05, 0) is 75.5 Å². The molecule has 0 atom stereocenters. The Kier molecular flexibility index (Phi) is 7.27. The quantitative estimate of drug-likeness (QED) is 0.394. The van der Waals surface area contributed by atoms with Crippen molar-refractivity contribution >= 4 is 18.0 Å². The number of likely N-dealkylation sites (tertiary alicyclic amines) is 1. The van der Waals surface area contributed by atoms with Crippen LogP contribution in [0.3, 0.4) is 0 Å². The zero-order chi connectivity index (χ0) is 26.9. The highest BCUT2D eigenvalue weighted by atomic mass is 19.1. The lowest BCUT2D eigenvalue weighted by molar-refractivity contribution is 0.0282. The molecule has 3 aromatic rings. The number of piperidine rings is 1. The number of aliphatic hydroxyl groups is 1. The first-order valence-corrected chi connectivity index (χ1v) is 12.8. The SMILES string of the molecule is CC(C)(O)CN1CCC(c2ccc3c(c2)-c2nn(C(N=CN)=Nc4ccc(F)cc4F)cc2CCO3)CC1. The van der Waals surface area contributed by atoms with E-state index in [0.717, 1.165) is 67.0 Å². The van der Waals surface area contributed by atoms with Gasteiger partial charge < -0.3 is 20.5 Å². The molecule has 10 heteroatoms. The number of β-amino-alcohol motifs (C(OH)–C–C–N with tert-alkyl or cyclic N) is 1. The maximum atomic E-state index is 14.3. The molecular weight excluding hydrogens is 490 g/mol. The van der Waals surface area contributed by atoms with Gasteiger partial charge in [0.25, 0.3) is 5.96 Å². The molecule has 38 heavy (non-hydrogen) atoms. The first kappa shape index (κ1) is 26.0. The molecule has 1 fully saturated rings. The standard InChI is InChI=1S/C28H32F2N6O2/c1-28(2,37)16-35-10-7-18(8-11-35)19-3-6-25-22(13-19)26-20(9-12-38-25)15-36(34-26)27(32-17-31)33-24-5-4-21(29)14-23(24)30/h3-6,13-15,17-18,37H,7-12,16H2,1-2H3,(H2,31,32,33). The van der Waals surface area contributed by atoms with Gasteiger partial charge in [-0.25, -0.2) is 23.4 Å². The highest BCUT2D eigenvalue weighted by Crippen LogP contribution is 2.39. The van der Waals surface area contributed by atoms with Gasteiger partial charge in [0.15, 0.2) is 5.82 Å². The topological polar surface area (TPSA) is 101 Å². The molecule has 200 valence electrons. The van der Waals surface area contributed by atoms with Crippen molar-refractivity contribution in [1.29, 1.82) is 0 Å². The number of nitrogens with two attached hydrogens (primary N) is 1. The molecule has 0 saturated carbocycles. The second-order valence-electron chi connectivity index (χ2n) is 10.5. The van der Waals surface area contributed by atoms with E-state index in [1.54, 1.807) is 6.20 Å². The first-order chi connectivity index (χ1) is 18.2. The third kappa shape index (κ3) is 5.76. The number of benzene rings is 2. The van der Waals surface area contributed by atoms with E-state index in [1.165, 1.54) is 16.3 Å². The Balaban J connectivity index is 1.45. The lowest BCUT2D eigenvalue weighted by Crippen LogP contribution is -2.42. The molecule has 5 rings (SSSR count). The molecule has 2 aromatic carbocycles. The normalized spacial score (nSPS) is 17.2. The molecular formula is C28H32F2N6O2. The van der Waals surface area contributed by atoms with E-state index in [9.17, 15) is 13.9 Å². The van der Waals surface area contributed by atoms with Crippen LogP contribution in [0.25, 0.3) is 11.3 Å². The number of hydrogen-bond acceptors (Lipinski definition) is 5. The van der Waals surface area contributed by atoms with Gasteiger partial charge in [0.05, 0.1) is 24.2 Å². The lowest BCUT2D eigenvalue weighted by Gasteiger charge is -2.35. The van der Waals surface area contributed by atoms with Crippen molar-refractivity contribution < 1.29 is 18.6 Å². The van der Waals surface area contributed by atoms with Crippen LogP contribution in [0, 0.1) is 11.6 Å². The molecule has 0 amide bonds. The van der Waals surface area contributed by atoms with Crippen LogP contribution in [0.4, 0.5) is 14.5 Å². The van der Waals surface area contributed by atoms with Crippen molar-refractivity contribution in [2.24, 2.45) is 15.7 Å². The van der Waals surface area contributed by atoms with Crippen LogP contribution in [-0.2, 0) is 6.42 Å². The zero-order valence-electron chi connectivity index (χ0n) is 21.6. The van der Waals surface area contributed by atoms with Crippen LogP contribution < -0.4 is 10.5 Å². The number of ether oxygens (including phenoxy) is 1. The van der Waals surface area contributed by atoms with Gasteiger partial charge in [-0.1, -0.05) is 6.07 Å². The lowest BCUT2D eigenvalue weighted by atomic mass is 9.87. The summed E-state index contributed by atoms with van der Waals surface area (Å²) in [5, 5.41) is 14.9. The van der Waals surface area contributed by atoms with Gasteiger partial charge in [0.1, 0.15) is 17.3 Å². The molecule has 2 aliphatic heterocycles. The van der Waals surface area contributed by atoms with E-state index in [1.807, 2.05) is 19.9 Å². The molecule has 8 nitrogen and oxygen atoms in total. The van der Waals surface area contributed by atoms with E-state index in [2.05, 4.69) is 27.0 Å². The first-order valence-electron chi connectivity index (χ1n) is 12.8. The van der Waals surface area contributed by atoms with Crippen LogP contribution in [0.2, 0.25) is 0 Å². The molecule has 0 bridgehead atoms. The average Bonchev–Trinajstić information content (AvgIpc) is 3.21. The second kappa shape index (κ2) is 10.6. The molecule has 0 aliphatic carbocycles. The summed E-state index contributed by atoms with van der Waals surface area (Å²) in [6, 6.07) is 9.42. The smallest absolute Gasteiger partial charge is 0.252 e. The highest BCUT2D eigenvalue weighted by molar-refractivity contribution is 5.91. The number of hydrogen-bond donors (Lipinski definition) is 2. The minimum absolute atomic E-state index is 0.0592. The third-order valence-corrected chi connectivity index (χ3v) is 6.87. The minimum atomic E-state index is -0.805. The van der Waals surface area contributed by atoms with Crippen molar-refractivity contribution in [3.05, 3.63) is 65.4 Å². The Morgan fingerprint density at radius 3 is 2.71 bits per heavy atom. The van der Waals surface area contributed by atoms with Gasteiger partial charge in [-0.15, -0.1) is 0 Å². The number of fused-ring (bicyclic) bond motifs is 3. The highest BCUT2D eigenvalue weighted by Gasteiger charge is 2.27. The van der Waals surface area contributed by atoms with Crippen LogP contribution in [0.5, 0.6) is 5.75 Å². The predicted molar refractivity (Wildman–Crippen MR) is 143 cm³/mol. The summed E-state index contributed by atoms with van der Waals surface area (Å²) >= 11 is 0. The van der Waals surface area contributed by atoms with Crippen LogP contribution in [-0.4, -0.2) is 63.9 Å². The monoisotopic (exact) mass is 522 g/mol. The largest absolute Gasteiger partial charge is 0.493 e. The van der Waals surface area contributed by atoms with Crippen molar-refractivity contribution in [1.82, 2.24) is 14.7 Å². The summed E-state index contributed by atoms with van der Waals surface area (Å²) in [7, 11) is 0. The molecule has 0 radical (unpaired) electrons. The van der Waals surface area contributed by atoms with Gasteiger partial charge in [-0.3, -0.25) is 0 Å². The summed E-state index contributed by atoms with van der Waals surface area (Å²) in [6.45, 7) is 6.69. The van der Waals surface area contributed by atoms with E-state index in [-0.39, 0.29) is 11.6 Å². The summed E-state index contributed by atoms with van der Waals surface area (Å²) < 4.78 is 35.1. The van der Waals surface area contributed by atoms with E-state index >= 15 is 0 Å². The van der Waals surface area contributed by atoms with Crippen molar-refractivity contribution in [2.75, 3.05) is 26.2 Å². The number of aromatic nitrogens is 2. The van der Waals surface area contributed by atoms with Crippen LogP contribution >= 0.6 is 0 Å². The minimum Gasteiger partial charge on any atom is -0.493 e. The molecule has 3 N–H and O–H groups in total. The fourth-order valence-corrected chi connectivity index (χ4v) is 5.16.